The molecular formula is C19H18N4O3S2. The maximum Gasteiger partial charge on any atom is 0.238 e. The van der Waals surface area contributed by atoms with Gasteiger partial charge in [-0.15, -0.1) is 0 Å². The number of aryl methyl sites for hydroxylation is 1. The third kappa shape index (κ3) is 3.68. The first-order chi connectivity index (χ1) is 13.5. The Labute approximate surface area is 166 Å². The maximum atomic E-state index is 11.6. The summed E-state index contributed by atoms with van der Waals surface area (Å²) in [5.41, 5.74) is 2.42. The van der Waals surface area contributed by atoms with E-state index in [0.717, 1.165) is 22.0 Å². The van der Waals surface area contributed by atoms with Gasteiger partial charge in [-0.05, 0) is 25.1 Å². The number of thioether (sulfide) groups is 1. The summed E-state index contributed by atoms with van der Waals surface area (Å²) in [4.78, 5) is 8.97. The lowest BCUT2D eigenvalue weighted by atomic mass is 10.2. The van der Waals surface area contributed by atoms with Crippen molar-refractivity contribution in [3.8, 4) is 11.3 Å². The predicted molar refractivity (Wildman–Crippen MR) is 108 cm³/mol. The van der Waals surface area contributed by atoms with Gasteiger partial charge in [0, 0.05) is 12.1 Å². The second-order valence-electron chi connectivity index (χ2n) is 6.11. The second-order valence-corrected chi connectivity index (χ2v) is 8.61. The van der Waals surface area contributed by atoms with Crippen LogP contribution >= 0.6 is 11.8 Å². The fraction of sp³-hybridized carbons (Fsp3) is 0.158. The molecule has 2 heterocycles. The van der Waals surface area contributed by atoms with Crippen LogP contribution in [0.25, 0.3) is 22.4 Å². The van der Waals surface area contributed by atoms with Gasteiger partial charge >= 0.3 is 0 Å². The summed E-state index contributed by atoms with van der Waals surface area (Å²) in [5.74, 6) is 1.83. The zero-order valence-corrected chi connectivity index (χ0v) is 16.7. The summed E-state index contributed by atoms with van der Waals surface area (Å²) in [7, 11) is -3.76. The summed E-state index contributed by atoms with van der Waals surface area (Å²) in [5, 5.41) is 5.99. The zero-order valence-electron chi connectivity index (χ0n) is 15.1. The van der Waals surface area contributed by atoms with Crippen molar-refractivity contribution in [3.05, 3.63) is 60.6 Å². The molecule has 0 atom stereocenters. The molecular weight excluding hydrogens is 396 g/mol. The molecule has 0 aliphatic heterocycles. The van der Waals surface area contributed by atoms with E-state index >= 15 is 0 Å². The summed E-state index contributed by atoms with van der Waals surface area (Å²) in [6.45, 7) is 2.71. The molecule has 0 bridgehead atoms. The first-order valence-electron chi connectivity index (χ1n) is 8.61. The zero-order chi connectivity index (χ0) is 19.7. The first kappa shape index (κ1) is 18.7. The Balaban J connectivity index is 1.59. The molecule has 0 amide bonds. The van der Waals surface area contributed by atoms with Crippen molar-refractivity contribution in [3.63, 3.8) is 0 Å². The molecule has 0 spiro atoms. The van der Waals surface area contributed by atoms with E-state index in [1.165, 1.54) is 23.9 Å². The van der Waals surface area contributed by atoms with E-state index in [2.05, 4.69) is 9.97 Å². The highest BCUT2D eigenvalue weighted by Gasteiger charge is 2.15. The average molecular weight is 415 g/mol. The second kappa shape index (κ2) is 7.42. The number of fused-ring (bicyclic) bond motifs is 1. The fourth-order valence-corrected chi connectivity index (χ4v) is 4.39. The highest BCUT2D eigenvalue weighted by Crippen LogP contribution is 2.29. The topological polar surface area (TPSA) is 104 Å². The molecule has 2 aromatic carbocycles. The van der Waals surface area contributed by atoms with Crippen molar-refractivity contribution in [1.29, 1.82) is 0 Å². The van der Waals surface area contributed by atoms with Crippen molar-refractivity contribution in [2.24, 2.45) is 5.14 Å². The van der Waals surface area contributed by atoms with Crippen LogP contribution < -0.4 is 5.14 Å². The molecule has 0 saturated heterocycles. The van der Waals surface area contributed by atoms with Crippen LogP contribution in [0.3, 0.4) is 0 Å². The SMILES string of the molecule is CCn1c(SCc2ncc(-c3ccccc3)o2)nc2cc(S(N)(=O)=O)ccc21. The van der Waals surface area contributed by atoms with E-state index < -0.39 is 10.0 Å². The minimum Gasteiger partial charge on any atom is -0.440 e. The van der Waals surface area contributed by atoms with Gasteiger partial charge in [0.25, 0.3) is 0 Å². The molecule has 4 rings (SSSR count). The highest BCUT2D eigenvalue weighted by atomic mass is 32.2. The van der Waals surface area contributed by atoms with Gasteiger partial charge < -0.3 is 8.98 Å². The van der Waals surface area contributed by atoms with Crippen LogP contribution in [0.1, 0.15) is 12.8 Å². The Morgan fingerprint density at radius 2 is 1.96 bits per heavy atom. The number of imidazole rings is 1. The molecule has 2 aromatic heterocycles. The van der Waals surface area contributed by atoms with E-state index in [0.29, 0.717) is 23.7 Å². The number of sulfonamides is 1. The van der Waals surface area contributed by atoms with Gasteiger partial charge in [0.2, 0.25) is 15.9 Å². The van der Waals surface area contributed by atoms with E-state index in [1.807, 2.05) is 41.8 Å². The van der Waals surface area contributed by atoms with Crippen molar-refractivity contribution >= 4 is 32.8 Å². The summed E-state index contributed by atoms with van der Waals surface area (Å²) >= 11 is 1.49. The number of oxazole rings is 1. The van der Waals surface area contributed by atoms with Gasteiger partial charge in [0.05, 0.1) is 27.9 Å². The number of aromatic nitrogens is 3. The summed E-state index contributed by atoms with van der Waals surface area (Å²) in [6.07, 6.45) is 1.71. The molecule has 0 aliphatic carbocycles. The van der Waals surface area contributed by atoms with Crippen molar-refractivity contribution in [2.75, 3.05) is 0 Å². The summed E-state index contributed by atoms with van der Waals surface area (Å²) in [6, 6.07) is 14.5. The number of nitrogens with zero attached hydrogens (tertiary/aromatic N) is 3. The minimum absolute atomic E-state index is 0.0532. The molecule has 0 aliphatic rings. The maximum absolute atomic E-state index is 11.6. The molecule has 2 N–H and O–H groups in total. The van der Waals surface area contributed by atoms with Crippen molar-refractivity contribution < 1.29 is 12.8 Å². The van der Waals surface area contributed by atoms with Crippen LogP contribution in [-0.2, 0) is 22.3 Å². The number of benzene rings is 2. The first-order valence-corrected chi connectivity index (χ1v) is 11.1. The smallest absolute Gasteiger partial charge is 0.238 e. The number of hydrogen-bond acceptors (Lipinski definition) is 6. The number of rotatable bonds is 6. The molecule has 144 valence electrons. The molecule has 9 heteroatoms. The standard InChI is InChI=1S/C19H18N4O3S2/c1-2-23-16-9-8-14(28(20,24)25)10-15(16)22-19(23)27-12-18-21-11-17(26-18)13-6-4-3-5-7-13/h3-11H,2,12H2,1H3,(H2,20,24,25). The Morgan fingerprint density at radius 3 is 2.68 bits per heavy atom. The number of nitrogens with two attached hydrogens (primary N) is 1. The normalized spacial score (nSPS) is 11.9. The molecule has 4 aromatic rings. The third-order valence-electron chi connectivity index (χ3n) is 4.27. The van der Waals surface area contributed by atoms with Crippen molar-refractivity contribution in [2.45, 2.75) is 29.3 Å². The lowest BCUT2D eigenvalue weighted by molar-refractivity contribution is 0.529. The Hall–Kier alpha value is -2.62. The Kier molecular flexibility index (Phi) is 4.96. The molecule has 0 radical (unpaired) electrons. The molecule has 0 fully saturated rings. The van der Waals surface area contributed by atoms with E-state index in [-0.39, 0.29) is 4.90 Å². The molecule has 28 heavy (non-hydrogen) atoms. The molecule has 7 nitrogen and oxygen atoms in total. The number of hydrogen-bond donors (Lipinski definition) is 1. The van der Waals surface area contributed by atoms with E-state index in [4.69, 9.17) is 9.56 Å². The van der Waals surface area contributed by atoms with Crippen LogP contribution in [0.15, 0.2) is 69.2 Å². The fourth-order valence-electron chi connectivity index (χ4n) is 2.92. The van der Waals surface area contributed by atoms with E-state index in [9.17, 15) is 8.42 Å². The van der Waals surface area contributed by atoms with Crippen LogP contribution in [0, 0.1) is 0 Å². The van der Waals surface area contributed by atoms with E-state index in [1.54, 1.807) is 12.3 Å². The van der Waals surface area contributed by atoms with Crippen LogP contribution in [0.2, 0.25) is 0 Å². The van der Waals surface area contributed by atoms with Gasteiger partial charge in [-0.25, -0.2) is 23.5 Å². The number of primary sulfonamides is 1. The Bertz CT molecular complexity index is 1230. The highest BCUT2D eigenvalue weighted by molar-refractivity contribution is 7.98. The van der Waals surface area contributed by atoms with Crippen LogP contribution in [0.5, 0.6) is 0 Å². The largest absolute Gasteiger partial charge is 0.440 e. The molecule has 0 unspecified atom stereocenters. The third-order valence-corrected chi connectivity index (χ3v) is 6.14. The van der Waals surface area contributed by atoms with Gasteiger partial charge in [-0.1, -0.05) is 42.1 Å². The van der Waals surface area contributed by atoms with Gasteiger partial charge in [-0.2, -0.15) is 0 Å². The Morgan fingerprint density at radius 1 is 1.18 bits per heavy atom. The lowest BCUT2D eigenvalue weighted by Crippen LogP contribution is -2.11. The van der Waals surface area contributed by atoms with Gasteiger partial charge in [0.15, 0.2) is 10.9 Å². The van der Waals surface area contributed by atoms with Crippen LogP contribution in [-0.4, -0.2) is 23.0 Å². The monoisotopic (exact) mass is 414 g/mol. The van der Waals surface area contributed by atoms with Crippen molar-refractivity contribution in [1.82, 2.24) is 14.5 Å². The van der Waals surface area contributed by atoms with Gasteiger partial charge in [-0.3, -0.25) is 0 Å². The predicted octanol–water partition coefficient (Wildman–Crippen LogP) is 3.65. The minimum atomic E-state index is -3.76. The van der Waals surface area contributed by atoms with Crippen LogP contribution in [0.4, 0.5) is 0 Å². The average Bonchev–Trinajstić information content (AvgIpc) is 3.30. The molecule has 0 saturated carbocycles. The summed E-state index contributed by atoms with van der Waals surface area (Å²) < 4.78 is 31.0. The lowest BCUT2D eigenvalue weighted by Gasteiger charge is -2.04. The quantitative estimate of drug-likeness (QED) is 0.483. The van der Waals surface area contributed by atoms with Gasteiger partial charge in [0.1, 0.15) is 0 Å².